The number of para-hydroxylation sites is 1. The number of aryl methyl sites for hydroxylation is 1. The van der Waals surface area contributed by atoms with Gasteiger partial charge < -0.3 is 10.1 Å². The molecule has 6 nitrogen and oxygen atoms in total. The maximum absolute atomic E-state index is 12.3. The molecule has 6 heteroatoms. The summed E-state index contributed by atoms with van der Waals surface area (Å²) in [6.45, 7) is 1.43. The van der Waals surface area contributed by atoms with Crippen LogP contribution >= 0.6 is 0 Å². The molecule has 0 saturated heterocycles. The van der Waals surface area contributed by atoms with Crippen LogP contribution in [0.1, 0.15) is 5.56 Å². The third-order valence-corrected chi connectivity index (χ3v) is 3.96. The molecule has 0 aliphatic rings. The van der Waals surface area contributed by atoms with Gasteiger partial charge in [0, 0.05) is 17.3 Å². The van der Waals surface area contributed by atoms with Gasteiger partial charge in [-0.15, -0.1) is 0 Å². The van der Waals surface area contributed by atoms with Crippen LogP contribution in [-0.2, 0) is 4.79 Å². The van der Waals surface area contributed by atoms with Gasteiger partial charge in [0.1, 0.15) is 0 Å². The molecule has 0 atom stereocenters. The summed E-state index contributed by atoms with van der Waals surface area (Å²) in [5, 5.41) is 13.9. The van der Waals surface area contributed by atoms with Gasteiger partial charge in [0.25, 0.3) is 5.91 Å². The van der Waals surface area contributed by atoms with Crippen molar-refractivity contribution in [2.45, 2.75) is 6.92 Å². The molecule has 0 aliphatic carbocycles. The number of benzene rings is 3. The van der Waals surface area contributed by atoms with Gasteiger partial charge in [-0.3, -0.25) is 14.9 Å². The Morgan fingerprint density at radius 2 is 1.74 bits per heavy atom. The number of nitrogens with one attached hydrogen (secondary N) is 1. The Hall–Kier alpha value is -3.67. The van der Waals surface area contributed by atoms with Crippen LogP contribution < -0.4 is 10.1 Å². The molecule has 0 aliphatic heterocycles. The van der Waals surface area contributed by atoms with Crippen molar-refractivity contribution in [1.82, 2.24) is 0 Å². The zero-order valence-corrected chi connectivity index (χ0v) is 14.7. The van der Waals surface area contributed by atoms with E-state index in [0.29, 0.717) is 5.69 Å². The number of carbonyl (C=O) groups excluding carboxylic acids is 1. The van der Waals surface area contributed by atoms with E-state index < -0.39 is 10.8 Å². The van der Waals surface area contributed by atoms with Crippen LogP contribution in [0.5, 0.6) is 5.75 Å². The van der Waals surface area contributed by atoms with Crippen LogP contribution in [0.2, 0.25) is 0 Å². The van der Waals surface area contributed by atoms with Crippen molar-refractivity contribution in [2.75, 3.05) is 11.9 Å². The molecule has 27 heavy (non-hydrogen) atoms. The fraction of sp³-hybridized carbons (Fsp3) is 0.0952. The highest BCUT2D eigenvalue weighted by molar-refractivity contribution is 5.96. The van der Waals surface area contributed by atoms with Gasteiger partial charge in [-0.1, -0.05) is 54.6 Å². The van der Waals surface area contributed by atoms with Crippen molar-refractivity contribution in [3.05, 3.63) is 88.5 Å². The normalized spacial score (nSPS) is 10.3. The molecule has 0 aromatic heterocycles. The minimum absolute atomic E-state index is 0.0668. The fourth-order valence-electron chi connectivity index (χ4n) is 2.68. The number of anilines is 1. The van der Waals surface area contributed by atoms with Crippen LogP contribution in [0.4, 0.5) is 11.4 Å². The van der Waals surface area contributed by atoms with E-state index >= 15 is 0 Å². The lowest BCUT2D eigenvalue weighted by molar-refractivity contribution is -0.385. The maximum atomic E-state index is 12.3. The first-order valence-electron chi connectivity index (χ1n) is 8.37. The Kier molecular flexibility index (Phi) is 5.47. The molecule has 0 spiro atoms. The third kappa shape index (κ3) is 4.49. The minimum atomic E-state index is -0.523. The number of nitro benzene ring substituents is 1. The molecule has 3 aromatic rings. The third-order valence-electron chi connectivity index (χ3n) is 3.96. The SMILES string of the molecule is Cc1ccc(OCC(=O)Nc2ccccc2-c2ccccc2)c([N+](=O)[O-])c1. The smallest absolute Gasteiger partial charge is 0.311 e. The highest BCUT2D eigenvalue weighted by Gasteiger charge is 2.16. The molecule has 1 amide bonds. The zero-order valence-electron chi connectivity index (χ0n) is 14.7. The molecule has 0 heterocycles. The molecule has 0 bridgehead atoms. The van der Waals surface area contributed by atoms with E-state index in [2.05, 4.69) is 5.32 Å². The molecule has 136 valence electrons. The fourth-order valence-corrected chi connectivity index (χ4v) is 2.68. The number of hydrogen-bond acceptors (Lipinski definition) is 4. The van der Waals surface area contributed by atoms with Crippen molar-refractivity contribution in [3.63, 3.8) is 0 Å². The van der Waals surface area contributed by atoms with Crippen molar-refractivity contribution < 1.29 is 14.5 Å². The van der Waals surface area contributed by atoms with Gasteiger partial charge in [0.2, 0.25) is 0 Å². The maximum Gasteiger partial charge on any atom is 0.311 e. The molecule has 0 fully saturated rings. The Labute approximate surface area is 156 Å². The van der Waals surface area contributed by atoms with E-state index in [4.69, 9.17) is 4.74 Å². The summed E-state index contributed by atoms with van der Waals surface area (Å²) in [5.41, 5.74) is 3.09. The number of ether oxygens (including phenoxy) is 1. The standard InChI is InChI=1S/C21H18N2O4/c1-15-11-12-20(19(13-15)23(25)26)27-14-21(24)22-18-10-6-5-9-17(18)16-7-3-2-4-8-16/h2-13H,14H2,1H3,(H,22,24). The van der Waals surface area contributed by atoms with E-state index in [9.17, 15) is 14.9 Å². The first kappa shape index (κ1) is 18.1. The van der Waals surface area contributed by atoms with Crippen LogP contribution in [0.25, 0.3) is 11.1 Å². The predicted molar refractivity (Wildman–Crippen MR) is 104 cm³/mol. The van der Waals surface area contributed by atoms with Crippen LogP contribution in [0.15, 0.2) is 72.8 Å². The Bertz CT molecular complexity index is 971. The van der Waals surface area contributed by atoms with Crippen molar-refractivity contribution in [2.24, 2.45) is 0 Å². The second-order valence-corrected chi connectivity index (χ2v) is 5.98. The summed E-state index contributed by atoms with van der Waals surface area (Å²) in [5.74, 6) is -0.328. The van der Waals surface area contributed by atoms with Crippen LogP contribution in [-0.4, -0.2) is 17.4 Å². The number of rotatable bonds is 6. The number of carbonyl (C=O) groups is 1. The van der Waals surface area contributed by atoms with E-state index in [0.717, 1.165) is 16.7 Å². The predicted octanol–water partition coefficient (Wildman–Crippen LogP) is 4.59. The van der Waals surface area contributed by atoms with Crippen LogP contribution in [0, 0.1) is 17.0 Å². The summed E-state index contributed by atoms with van der Waals surface area (Å²) in [4.78, 5) is 22.9. The molecular weight excluding hydrogens is 344 g/mol. The average molecular weight is 362 g/mol. The number of nitro groups is 1. The molecule has 3 rings (SSSR count). The monoisotopic (exact) mass is 362 g/mol. The number of hydrogen-bond donors (Lipinski definition) is 1. The quantitative estimate of drug-likeness (QED) is 0.514. The highest BCUT2D eigenvalue weighted by Crippen LogP contribution is 2.29. The summed E-state index contributed by atoms with van der Waals surface area (Å²) in [6, 6.07) is 21.7. The molecule has 3 aromatic carbocycles. The average Bonchev–Trinajstić information content (AvgIpc) is 2.68. The molecule has 0 unspecified atom stereocenters. The first-order chi connectivity index (χ1) is 13.0. The summed E-state index contributed by atoms with van der Waals surface area (Å²) < 4.78 is 5.38. The molecule has 0 saturated carbocycles. The largest absolute Gasteiger partial charge is 0.477 e. The van der Waals surface area contributed by atoms with E-state index in [1.807, 2.05) is 48.5 Å². The summed E-state index contributed by atoms with van der Waals surface area (Å²) >= 11 is 0. The molecule has 0 radical (unpaired) electrons. The van der Waals surface area contributed by atoms with Gasteiger partial charge in [-0.2, -0.15) is 0 Å². The summed E-state index contributed by atoms with van der Waals surface area (Å²) in [6.07, 6.45) is 0. The van der Waals surface area contributed by atoms with Gasteiger partial charge in [0.15, 0.2) is 12.4 Å². The number of amides is 1. The second-order valence-electron chi connectivity index (χ2n) is 5.98. The van der Waals surface area contributed by atoms with Crippen LogP contribution in [0.3, 0.4) is 0 Å². The topological polar surface area (TPSA) is 81.5 Å². The summed E-state index contributed by atoms with van der Waals surface area (Å²) in [7, 11) is 0. The highest BCUT2D eigenvalue weighted by atomic mass is 16.6. The van der Waals surface area contributed by atoms with Crippen molar-refractivity contribution >= 4 is 17.3 Å². The van der Waals surface area contributed by atoms with Gasteiger partial charge in [0.05, 0.1) is 4.92 Å². The Morgan fingerprint density at radius 1 is 1.04 bits per heavy atom. The second kappa shape index (κ2) is 8.14. The minimum Gasteiger partial charge on any atom is -0.477 e. The van der Waals surface area contributed by atoms with Crippen molar-refractivity contribution in [3.8, 4) is 16.9 Å². The zero-order chi connectivity index (χ0) is 19.2. The van der Waals surface area contributed by atoms with Crippen molar-refractivity contribution in [1.29, 1.82) is 0 Å². The van der Waals surface area contributed by atoms with Gasteiger partial charge in [-0.05, 0) is 30.2 Å². The van der Waals surface area contributed by atoms with E-state index in [1.165, 1.54) is 12.1 Å². The van der Waals surface area contributed by atoms with E-state index in [-0.39, 0.29) is 18.0 Å². The van der Waals surface area contributed by atoms with Gasteiger partial charge in [-0.25, -0.2) is 0 Å². The van der Waals surface area contributed by atoms with E-state index in [1.54, 1.807) is 19.1 Å². The Balaban J connectivity index is 1.72. The lowest BCUT2D eigenvalue weighted by Crippen LogP contribution is -2.20. The number of nitrogens with zero attached hydrogens (tertiary/aromatic N) is 1. The lowest BCUT2D eigenvalue weighted by Gasteiger charge is -2.12. The Morgan fingerprint density at radius 3 is 2.48 bits per heavy atom. The van der Waals surface area contributed by atoms with Gasteiger partial charge >= 0.3 is 5.69 Å². The first-order valence-corrected chi connectivity index (χ1v) is 8.37. The molecular formula is C21H18N2O4. The lowest BCUT2D eigenvalue weighted by atomic mass is 10.0. The molecule has 1 N–H and O–H groups in total.